The highest BCUT2D eigenvalue weighted by Crippen LogP contribution is 2.16. The van der Waals surface area contributed by atoms with Gasteiger partial charge in [0, 0.05) is 12.8 Å². The van der Waals surface area contributed by atoms with Crippen LogP contribution in [-0.4, -0.2) is 47.4 Å². The van der Waals surface area contributed by atoms with E-state index in [0.717, 1.165) is 64.2 Å². The lowest BCUT2D eigenvalue weighted by molar-refractivity contribution is -0.143. The fourth-order valence-electron chi connectivity index (χ4n) is 8.81. The van der Waals surface area contributed by atoms with E-state index in [0.29, 0.717) is 25.9 Å². The van der Waals surface area contributed by atoms with Crippen LogP contribution in [-0.2, 0) is 14.3 Å². The van der Waals surface area contributed by atoms with Crippen molar-refractivity contribution in [3.05, 3.63) is 24.3 Å². The number of aliphatic hydroxyl groups is 2. The molecule has 6 heteroatoms. The van der Waals surface area contributed by atoms with Crippen molar-refractivity contribution in [3.8, 4) is 0 Å². The van der Waals surface area contributed by atoms with Gasteiger partial charge in [0.1, 0.15) is 0 Å². The van der Waals surface area contributed by atoms with Crippen LogP contribution in [0.2, 0.25) is 0 Å². The third-order valence-electron chi connectivity index (χ3n) is 13.2. The lowest BCUT2D eigenvalue weighted by Crippen LogP contribution is -2.45. The van der Waals surface area contributed by atoms with E-state index in [9.17, 15) is 19.8 Å². The standard InChI is InChI=1S/C58H111NO5/c1-3-5-7-9-11-13-15-17-18-19-20-21-25-28-32-36-40-44-48-52-58(63)64-53-49-45-41-37-33-29-26-23-22-24-27-31-35-39-43-47-51-57(62)59-55(54-60)56(61)50-46-42-38-34-30-16-14-12-10-8-6-4-2/h17-18,22,24,55-56,60-61H,3-16,19-21,23,25-54H2,1-2H3,(H,59,62)/b18-17-,24-22-. The van der Waals surface area contributed by atoms with Crippen LogP contribution in [0.5, 0.6) is 0 Å². The van der Waals surface area contributed by atoms with E-state index in [4.69, 9.17) is 4.74 Å². The van der Waals surface area contributed by atoms with E-state index < -0.39 is 12.1 Å². The Bertz CT molecular complexity index is 997. The molecule has 0 aromatic carbocycles. The van der Waals surface area contributed by atoms with E-state index in [1.54, 1.807) is 0 Å². The van der Waals surface area contributed by atoms with Crippen molar-refractivity contribution in [2.45, 2.75) is 321 Å². The topological polar surface area (TPSA) is 95.9 Å². The van der Waals surface area contributed by atoms with Crippen molar-refractivity contribution in [1.82, 2.24) is 5.32 Å². The van der Waals surface area contributed by atoms with E-state index in [1.807, 2.05) is 0 Å². The van der Waals surface area contributed by atoms with Crippen LogP contribution < -0.4 is 5.32 Å². The Balaban J connectivity index is 3.43. The highest BCUT2D eigenvalue weighted by Gasteiger charge is 2.20. The second kappa shape index (κ2) is 54.0. The van der Waals surface area contributed by atoms with Gasteiger partial charge < -0.3 is 20.3 Å². The molecule has 2 atom stereocenters. The van der Waals surface area contributed by atoms with Crippen LogP contribution in [0.1, 0.15) is 309 Å². The molecule has 0 saturated heterocycles. The fourth-order valence-corrected chi connectivity index (χ4v) is 8.81. The summed E-state index contributed by atoms with van der Waals surface area (Å²) in [4.78, 5) is 24.5. The summed E-state index contributed by atoms with van der Waals surface area (Å²) < 4.78 is 5.48. The number of aliphatic hydroxyl groups excluding tert-OH is 2. The molecule has 1 amide bonds. The number of amides is 1. The molecule has 378 valence electrons. The molecule has 6 nitrogen and oxygen atoms in total. The first-order chi connectivity index (χ1) is 31.5. The molecular weight excluding hydrogens is 791 g/mol. The summed E-state index contributed by atoms with van der Waals surface area (Å²) in [5, 5.41) is 23.2. The normalized spacial score (nSPS) is 12.8. The smallest absolute Gasteiger partial charge is 0.305 e. The second-order valence-corrected chi connectivity index (χ2v) is 19.6. The number of rotatable bonds is 53. The zero-order chi connectivity index (χ0) is 46.5. The van der Waals surface area contributed by atoms with Crippen LogP contribution >= 0.6 is 0 Å². The quantitative estimate of drug-likeness (QED) is 0.0321. The molecule has 0 radical (unpaired) electrons. The summed E-state index contributed by atoms with van der Waals surface area (Å²) in [6, 6.07) is -0.552. The monoisotopic (exact) mass is 902 g/mol. The maximum absolute atomic E-state index is 12.4. The summed E-state index contributed by atoms with van der Waals surface area (Å²) in [5.41, 5.74) is 0. The van der Waals surface area contributed by atoms with Crippen molar-refractivity contribution in [2.24, 2.45) is 0 Å². The Morgan fingerprint density at radius 2 is 0.734 bits per heavy atom. The lowest BCUT2D eigenvalue weighted by atomic mass is 10.0. The molecule has 0 heterocycles. The summed E-state index contributed by atoms with van der Waals surface area (Å²) >= 11 is 0. The minimum absolute atomic E-state index is 0.00318. The molecule has 0 spiro atoms. The van der Waals surface area contributed by atoms with Crippen LogP contribution in [0.15, 0.2) is 24.3 Å². The second-order valence-electron chi connectivity index (χ2n) is 19.6. The van der Waals surface area contributed by atoms with Crippen molar-refractivity contribution in [2.75, 3.05) is 13.2 Å². The molecule has 0 bridgehead atoms. The first-order valence-electron chi connectivity index (χ1n) is 28.6. The maximum Gasteiger partial charge on any atom is 0.305 e. The molecule has 64 heavy (non-hydrogen) atoms. The van der Waals surface area contributed by atoms with Gasteiger partial charge in [-0.15, -0.1) is 0 Å². The van der Waals surface area contributed by atoms with Gasteiger partial charge >= 0.3 is 5.97 Å². The molecule has 0 rings (SSSR count). The largest absolute Gasteiger partial charge is 0.466 e. The van der Waals surface area contributed by atoms with Crippen LogP contribution in [0.3, 0.4) is 0 Å². The minimum Gasteiger partial charge on any atom is -0.466 e. The van der Waals surface area contributed by atoms with Crippen molar-refractivity contribution < 1.29 is 24.5 Å². The van der Waals surface area contributed by atoms with E-state index in [2.05, 4.69) is 43.5 Å². The number of carbonyl (C=O) groups is 2. The molecule has 0 aliphatic heterocycles. The number of hydrogen-bond acceptors (Lipinski definition) is 5. The Labute approximate surface area is 399 Å². The van der Waals surface area contributed by atoms with E-state index in [1.165, 1.54) is 212 Å². The molecule has 0 aromatic heterocycles. The van der Waals surface area contributed by atoms with Crippen LogP contribution in [0, 0.1) is 0 Å². The zero-order valence-electron chi connectivity index (χ0n) is 43.0. The van der Waals surface area contributed by atoms with Gasteiger partial charge in [-0.2, -0.15) is 0 Å². The number of esters is 1. The third-order valence-corrected chi connectivity index (χ3v) is 13.2. The summed E-state index contributed by atoms with van der Waals surface area (Å²) in [7, 11) is 0. The molecule has 0 saturated carbocycles. The van der Waals surface area contributed by atoms with Gasteiger partial charge in [0.2, 0.25) is 5.91 Å². The SMILES string of the molecule is CCCCCCCC/C=C\CCCCCCCCCCCC(=O)OCCCCCCCCC/C=C\CCCCCCCC(=O)NC(CO)C(O)CCCCCCCCCCCCCC. The van der Waals surface area contributed by atoms with Gasteiger partial charge in [0.15, 0.2) is 0 Å². The molecular formula is C58H111NO5. The van der Waals surface area contributed by atoms with Crippen molar-refractivity contribution in [3.63, 3.8) is 0 Å². The summed E-state index contributed by atoms with van der Waals surface area (Å²) in [5.74, 6) is -0.0554. The number of hydrogen-bond donors (Lipinski definition) is 3. The molecule has 2 unspecified atom stereocenters. The predicted octanol–water partition coefficient (Wildman–Crippen LogP) is 17.5. The van der Waals surface area contributed by atoms with Gasteiger partial charge in [0.25, 0.3) is 0 Å². The average molecular weight is 903 g/mol. The Hall–Kier alpha value is -1.66. The van der Waals surface area contributed by atoms with Gasteiger partial charge in [-0.25, -0.2) is 0 Å². The Morgan fingerprint density at radius 1 is 0.422 bits per heavy atom. The number of carbonyl (C=O) groups excluding carboxylic acids is 2. The first-order valence-corrected chi connectivity index (χ1v) is 28.6. The zero-order valence-corrected chi connectivity index (χ0v) is 43.0. The maximum atomic E-state index is 12.4. The molecule has 0 aliphatic rings. The minimum atomic E-state index is -0.673. The van der Waals surface area contributed by atoms with Gasteiger partial charge in [-0.1, -0.05) is 244 Å². The number of nitrogens with one attached hydrogen (secondary N) is 1. The van der Waals surface area contributed by atoms with Crippen molar-refractivity contribution in [1.29, 1.82) is 0 Å². The highest BCUT2D eigenvalue weighted by molar-refractivity contribution is 5.76. The molecule has 0 aliphatic carbocycles. The van der Waals surface area contributed by atoms with Crippen LogP contribution in [0.4, 0.5) is 0 Å². The molecule has 0 aromatic rings. The van der Waals surface area contributed by atoms with E-state index in [-0.39, 0.29) is 18.5 Å². The van der Waals surface area contributed by atoms with Crippen LogP contribution in [0.25, 0.3) is 0 Å². The molecule has 3 N–H and O–H groups in total. The van der Waals surface area contributed by atoms with Gasteiger partial charge in [-0.05, 0) is 77.0 Å². The van der Waals surface area contributed by atoms with Gasteiger partial charge in [0.05, 0.1) is 25.4 Å². The summed E-state index contributed by atoms with van der Waals surface area (Å²) in [6.45, 7) is 4.93. The van der Waals surface area contributed by atoms with Gasteiger partial charge in [-0.3, -0.25) is 9.59 Å². The Morgan fingerprint density at radius 3 is 1.11 bits per heavy atom. The average Bonchev–Trinajstić information content (AvgIpc) is 3.29. The van der Waals surface area contributed by atoms with E-state index >= 15 is 0 Å². The fraction of sp³-hybridized carbons (Fsp3) is 0.897. The number of allylic oxidation sites excluding steroid dienone is 4. The number of unbranched alkanes of at least 4 members (excludes halogenated alkanes) is 38. The first kappa shape index (κ1) is 62.3. The Kier molecular flexibility index (Phi) is 52.6. The third kappa shape index (κ3) is 49.8. The predicted molar refractivity (Wildman–Crippen MR) is 278 cm³/mol. The lowest BCUT2D eigenvalue weighted by Gasteiger charge is -2.22. The molecule has 0 fully saturated rings. The highest BCUT2D eigenvalue weighted by atomic mass is 16.5. The number of ether oxygens (including phenoxy) is 1. The van der Waals surface area contributed by atoms with Crippen molar-refractivity contribution >= 4 is 11.9 Å². The summed E-state index contributed by atoms with van der Waals surface area (Å²) in [6.07, 6.45) is 64.5.